The van der Waals surface area contributed by atoms with E-state index in [9.17, 15) is 18.0 Å². The molecule has 0 saturated carbocycles. The van der Waals surface area contributed by atoms with Gasteiger partial charge in [0, 0.05) is 24.8 Å². The minimum atomic E-state index is -4.28. The number of halogens is 3. The molecule has 0 aliphatic rings. The van der Waals surface area contributed by atoms with Gasteiger partial charge >= 0.3 is 6.18 Å². The van der Waals surface area contributed by atoms with Crippen LogP contribution in [0.5, 0.6) is 0 Å². The molecule has 100 valence electrons. The lowest BCUT2D eigenvalue weighted by molar-refractivity contribution is -0.136. The molecule has 0 atom stereocenters. The van der Waals surface area contributed by atoms with Gasteiger partial charge in [-0.3, -0.25) is 4.79 Å². The van der Waals surface area contributed by atoms with Crippen LogP contribution in [0.4, 0.5) is 19.0 Å². The van der Waals surface area contributed by atoms with E-state index in [1.165, 1.54) is 19.2 Å². The Morgan fingerprint density at radius 2 is 2.06 bits per heavy atom. The summed E-state index contributed by atoms with van der Waals surface area (Å²) in [6.07, 6.45) is -5.31. The number of nitrogens with zero attached hydrogens (tertiary/aromatic N) is 2. The molecule has 0 radical (unpaired) electrons. The zero-order chi connectivity index (χ0) is 13.9. The number of hydrogen-bond acceptors (Lipinski definition) is 3. The second kappa shape index (κ2) is 5.24. The van der Waals surface area contributed by atoms with Crippen LogP contribution < -0.4 is 5.73 Å². The second-order valence-corrected chi connectivity index (χ2v) is 4.01. The molecule has 7 heteroatoms. The Labute approximate surface area is 103 Å². The Bertz CT molecular complexity index is 425. The Morgan fingerprint density at radius 1 is 1.44 bits per heavy atom. The third kappa shape index (κ3) is 4.23. The lowest BCUT2D eigenvalue weighted by atomic mass is 10.2. The van der Waals surface area contributed by atoms with Gasteiger partial charge in [0.15, 0.2) is 0 Å². The highest BCUT2D eigenvalue weighted by molar-refractivity contribution is 5.94. The van der Waals surface area contributed by atoms with E-state index in [2.05, 4.69) is 4.98 Å². The zero-order valence-corrected chi connectivity index (χ0v) is 10.1. The normalized spacial score (nSPS) is 11.4. The number of pyridine rings is 1. The monoisotopic (exact) mass is 261 g/mol. The number of anilines is 1. The summed E-state index contributed by atoms with van der Waals surface area (Å²) in [4.78, 5) is 16.7. The first-order chi connectivity index (χ1) is 8.19. The van der Waals surface area contributed by atoms with Crippen LogP contribution >= 0.6 is 0 Å². The minimum absolute atomic E-state index is 0.169. The van der Waals surface area contributed by atoms with Crippen molar-refractivity contribution in [3.8, 4) is 0 Å². The number of nitrogens with two attached hydrogens (primary N) is 1. The third-order valence-corrected chi connectivity index (χ3v) is 2.30. The van der Waals surface area contributed by atoms with Gasteiger partial charge in [0.05, 0.1) is 6.42 Å². The summed E-state index contributed by atoms with van der Waals surface area (Å²) in [6.45, 7) is 1.27. The van der Waals surface area contributed by atoms with Crippen molar-refractivity contribution >= 4 is 11.7 Å². The van der Waals surface area contributed by atoms with Crippen molar-refractivity contribution < 1.29 is 18.0 Å². The Kier molecular flexibility index (Phi) is 4.15. The van der Waals surface area contributed by atoms with Crippen LogP contribution in [0.25, 0.3) is 0 Å². The zero-order valence-electron chi connectivity index (χ0n) is 10.1. The topological polar surface area (TPSA) is 59.2 Å². The molecule has 0 spiro atoms. The molecule has 0 aromatic carbocycles. The Hall–Kier alpha value is -1.79. The third-order valence-electron chi connectivity index (χ3n) is 2.30. The van der Waals surface area contributed by atoms with Crippen molar-refractivity contribution in [1.82, 2.24) is 9.88 Å². The fraction of sp³-hybridized carbons (Fsp3) is 0.455. The number of hydrogen-bond donors (Lipinski definition) is 1. The standard InChI is InChI=1S/C11H14F3N3O/c1-7-5-8(6-9(15)16-7)10(18)17(2)4-3-11(12,13)14/h5-6H,3-4H2,1-2H3,(H2,15,16). The molecule has 4 nitrogen and oxygen atoms in total. The first-order valence-electron chi connectivity index (χ1n) is 5.25. The predicted molar refractivity (Wildman–Crippen MR) is 61.0 cm³/mol. The van der Waals surface area contributed by atoms with E-state index in [1.807, 2.05) is 0 Å². The van der Waals surface area contributed by atoms with Crippen LogP contribution in [0.15, 0.2) is 12.1 Å². The van der Waals surface area contributed by atoms with E-state index in [1.54, 1.807) is 6.92 Å². The number of aromatic nitrogens is 1. The molecule has 0 fully saturated rings. The average molecular weight is 261 g/mol. The van der Waals surface area contributed by atoms with Crippen molar-refractivity contribution in [2.75, 3.05) is 19.3 Å². The van der Waals surface area contributed by atoms with E-state index in [0.717, 1.165) is 4.90 Å². The fourth-order valence-corrected chi connectivity index (χ4v) is 1.43. The largest absolute Gasteiger partial charge is 0.390 e. The van der Waals surface area contributed by atoms with Gasteiger partial charge in [0.25, 0.3) is 5.91 Å². The molecule has 1 aromatic heterocycles. The molecule has 0 saturated heterocycles. The van der Waals surface area contributed by atoms with Crippen molar-refractivity contribution in [2.24, 2.45) is 0 Å². The summed E-state index contributed by atoms with van der Waals surface area (Å²) in [7, 11) is 1.32. The van der Waals surface area contributed by atoms with E-state index in [4.69, 9.17) is 5.73 Å². The molecular formula is C11H14F3N3O. The van der Waals surface area contributed by atoms with E-state index in [0.29, 0.717) is 5.69 Å². The summed E-state index contributed by atoms with van der Waals surface area (Å²) in [5.41, 5.74) is 6.26. The molecule has 0 aliphatic heterocycles. The molecule has 1 heterocycles. The number of carbonyl (C=O) groups is 1. The number of rotatable bonds is 3. The maximum atomic E-state index is 12.0. The van der Waals surface area contributed by atoms with Crippen molar-refractivity contribution in [3.05, 3.63) is 23.4 Å². The van der Waals surface area contributed by atoms with Gasteiger partial charge in [-0.1, -0.05) is 0 Å². The van der Waals surface area contributed by atoms with Crippen LogP contribution in [-0.2, 0) is 0 Å². The van der Waals surface area contributed by atoms with Crippen LogP contribution in [-0.4, -0.2) is 35.6 Å². The molecule has 2 N–H and O–H groups in total. The molecule has 0 unspecified atom stereocenters. The lowest BCUT2D eigenvalue weighted by Crippen LogP contribution is -2.30. The smallest absolute Gasteiger partial charge is 0.384 e. The van der Waals surface area contributed by atoms with Crippen molar-refractivity contribution in [3.63, 3.8) is 0 Å². The van der Waals surface area contributed by atoms with Gasteiger partial charge in [-0.05, 0) is 19.1 Å². The van der Waals surface area contributed by atoms with E-state index < -0.39 is 18.5 Å². The molecule has 0 bridgehead atoms. The van der Waals surface area contributed by atoms with Gasteiger partial charge in [-0.25, -0.2) is 4.98 Å². The summed E-state index contributed by atoms with van der Waals surface area (Å²) >= 11 is 0. The Morgan fingerprint density at radius 3 is 2.56 bits per heavy atom. The Balaban J connectivity index is 2.74. The van der Waals surface area contributed by atoms with Crippen molar-refractivity contribution in [2.45, 2.75) is 19.5 Å². The number of nitrogen functional groups attached to an aromatic ring is 1. The molecular weight excluding hydrogens is 247 g/mol. The molecule has 18 heavy (non-hydrogen) atoms. The quantitative estimate of drug-likeness (QED) is 0.905. The first kappa shape index (κ1) is 14.3. The van der Waals surface area contributed by atoms with Crippen molar-refractivity contribution in [1.29, 1.82) is 0 Å². The maximum Gasteiger partial charge on any atom is 0.390 e. The highest BCUT2D eigenvalue weighted by Crippen LogP contribution is 2.20. The minimum Gasteiger partial charge on any atom is -0.384 e. The summed E-state index contributed by atoms with van der Waals surface area (Å²) in [5.74, 6) is -0.334. The summed E-state index contributed by atoms with van der Waals surface area (Å²) in [5, 5.41) is 0. The average Bonchev–Trinajstić information content (AvgIpc) is 2.22. The van der Waals surface area contributed by atoms with E-state index in [-0.39, 0.29) is 17.9 Å². The second-order valence-electron chi connectivity index (χ2n) is 4.01. The number of alkyl halides is 3. The van der Waals surface area contributed by atoms with Gasteiger partial charge in [-0.15, -0.1) is 0 Å². The lowest BCUT2D eigenvalue weighted by Gasteiger charge is -2.18. The number of carbonyl (C=O) groups excluding carboxylic acids is 1. The van der Waals surface area contributed by atoms with Gasteiger partial charge < -0.3 is 10.6 Å². The molecule has 1 aromatic rings. The summed E-state index contributed by atoms with van der Waals surface area (Å²) in [6, 6.07) is 2.84. The molecule has 1 amide bonds. The van der Waals surface area contributed by atoms with Gasteiger partial charge in [0.1, 0.15) is 5.82 Å². The summed E-state index contributed by atoms with van der Waals surface area (Å²) < 4.78 is 36.1. The SMILES string of the molecule is Cc1cc(C(=O)N(C)CCC(F)(F)F)cc(N)n1. The molecule has 1 rings (SSSR count). The maximum absolute atomic E-state index is 12.0. The van der Waals surface area contributed by atoms with Crippen LogP contribution in [0.2, 0.25) is 0 Å². The van der Waals surface area contributed by atoms with Crippen LogP contribution in [0.3, 0.4) is 0 Å². The first-order valence-corrected chi connectivity index (χ1v) is 5.25. The highest BCUT2D eigenvalue weighted by atomic mass is 19.4. The van der Waals surface area contributed by atoms with E-state index >= 15 is 0 Å². The molecule has 0 aliphatic carbocycles. The predicted octanol–water partition coefficient (Wildman–Crippen LogP) is 2.00. The van der Waals surface area contributed by atoms with Gasteiger partial charge in [-0.2, -0.15) is 13.2 Å². The van der Waals surface area contributed by atoms with Crippen LogP contribution in [0.1, 0.15) is 22.5 Å². The highest BCUT2D eigenvalue weighted by Gasteiger charge is 2.28. The fourth-order valence-electron chi connectivity index (χ4n) is 1.43. The van der Waals surface area contributed by atoms with Gasteiger partial charge in [0.2, 0.25) is 0 Å². The van der Waals surface area contributed by atoms with Crippen LogP contribution in [0, 0.1) is 6.92 Å². The number of amides is 1. The number of aryl methyl sites for hydroxylation is 1.